The van der Waals surface area contributed by atoms with Crippen molar-refractivity contribution in [1.29, 1.82) is 0 Å². The van der Waals surface area contributed by atoms with Crippen LogP contribution in [0.15, 0.2) is 67.3 Å². The summed E-state index contributed by atoms with van der Waals surface area (Å²) in [4.78, 5) is 0. The molecule has 4 heteroatoms. The molecule has 1 heterocycles. The lowest BCUT2D eigenvalue weighted by molar-refractivity contribution is -0.0125. The van der Waals surface area contributed by atoms with Crippen LogP contribution in [0.1, 0.15) is 43.4 Å². The fourth-order valence-electron chi connectivity index (χ4n) is 4.20. The second-order valence-corrected chi connectivity index (χ2v) is 8.55. The van der Waals surface area contributed by atoms with Crippen LogP contribution in [-0.4, -0.2) is 6.61 Å². The Hall–Kier alpha value is -2.85. The lowest BCUT2D eigenvalue weighted by Crippen LogP contribution is -2.18. The van der Waals surface area contributed by atoms with E-state index in [1.807, 2.05) is 6.07 Å². The molecular formula is C28H27F3O. The monoisotopic (exact) mass is 436 g/mol. The third-order valence-corrected chi connectivity index (χ3v) is 6.16. The van der Waals surface area contributed by atoms with Gasteiger partial charge in [-0.05, 0) is 59.9 Å². The maximum atomic E-state index is 14.9. The van der Waals surface area contributed by atoms with Crippen LogP contribution in [0.2, 0.25) is 0 Å². The summed E-state index contributed by atoms with van der Waals surface area (Å²) < 4.78 is 49.8. The molecule has 0 aromatic heterocycles. The third kappa shape index (κ3) is 4.66. The lowest BCUT2D eigenvalue weighted by atomic mass is 9.94. The molecule has 0 amide bonds. The molecule has 32 heavy (non-hydrogen) atoms. The lowest BCUT2D eigenvalue weighted by Gasteiger charge is -2.27. The first-order valence-electron chi connectivity index (χ1n) is 11.1. The Morgan fingerprint density at radius 1 is 0.906 bits per heavy atom. The van der Waals surface area contributed by atoms with Crippen molar-refractivity contribution >= 4 is 0 Å². The molecule has 4 rings (SSSR count). The van der Waals surface area contributed by atoms with Gasteiger partial charge in [0, 0.05) is 17.7 Å². The highest BCUT2D eigenvalue weighted by Crippen LogP contribution is 2.34. The first-order valence-corrected chi connectivity index (χ1v) is 11.1. The first kappa shape index (κ1) is 22.3. The molecule has 2 unspecified atom stereocenters. The molecule has 1 saturated heterocycles. The Kier molecular flexibility index (Phi) is 6.80. The molecular weight excluding hydrogens is 409 g/mol. The van der Waals surface area contributed by atoms with Crippen molar-refractivity contribution in [2.45, 2.75) is 38.7 Å². The molecule has 1 fully saturated rings. The molecule has 0 saturated carbocycles. The number of allylic oxidation sites excluding steroid dienone is 1. The minimum absolute atomic E-state index is 0.0653. The quantitative estimate of drug-likeness (QED) is 0.355. The van der Waals surface area contributed by atoms with E-state index in [1.54, 1.807) is 54.6 Å². The zero-order valence-electron chi connectivity index (χ0n) is 18.2. The van der Waals surface area contributed by atoms with Crippen LogP contribution in [0.5, 0.6) is 0 Å². The van der Waals surface area contributed by atoms with Crippen LogP contribution in [0.3, 0.4) is 0 Å². The smallest absolute Gasteiger partial charge is 0.166 e. The predicted molar refractivity (Wildman–Crippen MR) is 123 cm³/mol. The van der Waals surface area contributed by atoms with E-state index < -0.39 is 11.6 Å². The number of ether oxygens (including phenoxy) is 1. The minimum atomic E-state index is -0.864. The average molecular weight is 437 g/mol. The Balaban J connectivity index is 1.55. The van der Waals surface area contributed by atoms with Crippen molar-refractivity contribution in [1.82, 2.24) is 0 Å². The van der Waals surface area contributed by atoms with Gasteiger partial charge >= 0.3 is 0 Å². The summed E-state index contributed by atoms with van der Waals surface area (Å²) in [6, 6.07) is 15.3. The second-order valence-electron chi connectivity index (χ2n) is 8.55. The number of hydrogen-bond acceptors (Lipinski definition) is 1. The topological polar surface area (TPSA) is 9.23 Å². The van der Waals surface area contributed by atoms with Crippen LogP contribution in [-0.2, 0) is 11.2 Å². The number of benzene rings is 3. The van der Waals surface area contributed by atoms with Gasteiger partial charge in [0.2, 0.25) is 0 Å². The van der Waals surface area contributed by atoms with Gasteiger partial charge in [-0.3, -0.25) is 0 Å². The van der Waals surface area contributed by atoms with Gasteiger partial charge in [0.1, 0.15) is 5.82 Å². The summed E-state index contributed by atoms with van der Waals surface area (Å²) in [5.41, 5.74) is 3.07. The number of aryl methyl sites for hydroxylation is 1. The molecule has 3 aromatic carbocycles. The van der Waals surface area contributed by atoms with Gasteiger partial charge < -0.3 is 4.74 Å². The summed E-state index contributed by atoms with van der Waals surface area (Å²) in [6.07, 6.45) is 4.57. The Morgan fingerprint density at radius 2 is 1.59 bits per heavy atom. The van der Waals surface area contributed by atoms with Crippen LogP contribution < -0.4 is 0 Å². The van der Waals surface area contributed by atoms with Crippen LogP contribution in [0.4, 0.5) is 13.2 Å². The average Bonchev–Trinajstić information content (AvgIpc) is 2.81. The highest BCUT2D eigenvalue weighted by atomic mass is 19.2. The molecule has 1 aliphatic rings. The Bertz CT molecular complexity index is 1100. The largest absolute Gasteiger partial charge is 0.373 e. The van der Waals surface area contributed by atoms with Crippen molar-refractivity contribution in [3.8, 4) is 22.3 Å². The highest BCUT2D eigenvalue weighted by molar-refractivity contribution is 5.71. The van der Waals surface area contributed by atoms with Gasteiger partial charge in [0.25, 0.3) is 0 Å². The molecule has 1 nitrogen and oxygen atoms in total. The van der Waals surface area contributed by atoms with E-state index in [0.29, 0.717) is 47.6 Å². The summed E-state index contributed by atoms with van der Waals surface area (Å²) in [7, 11) is 0. The number of hydrogen-bond donors (Lipinski definition) is 0. The zero-order valence-corrected chi connectivity index (χ0v) is 18.2. The van der Waals surface area contributed by atoms with E-state index in [1.165, 1.54) is 0 Å². The van der Waals surface area contributed by atoms with E-state index in [4.69, 9.17) is 4.74 Å². The molecule has 3 aromatic rings. The maximum Gasteiger partial charge on any atom is 0.166 e. The molecule has 2 atom stereocenters. The zero-order chi connectivity index (χ0) is 22.7. The second kappa shape index (κ2) is 9.74. The Morgan fingerprint density at radius 3 is 2.22 bits per heavy atom. The fourth-order valence-corrected chi connectivity index (χ4v) is 4.20. The molecule has 0 bridgehead atoms. The Labute approximate surface area is 187 Å². The molecule has 0 aliphatic carbocycles. The van der Waals surface area contributed by atoms with E-state index in [2.05, 4.69) is 13.5 Å². The third-order valence-electron chi connectivity index (χ3n) is 6.16. The summed E-state index contributed by atoms with van der Waals surface area (Å²) in [5.74, 6) is -1.47. The van der Waals surface area contributed by atoms with Crippen molar-refractivity contribution in [2.24, 2.45) is 5.92 Å². The van der Waals surface area contributed by atoms with Gasteiger partial charge in [-0.15, -0.1) is 6.58 Å². The van der Waals surface area contributed by atoms with Gasteiger partial charge in [-0.2, -0.15) is 0 Å². The molecule has 0 N–H and O–H groups in total. The molecule has 0 spiro atoms. The van der Waals surface area contributed by atoms with E-state index in [9.17, 15) is 13.2 Å². The number of rotatable bonds is 6. The molecule has 0 radical (unpaired) electrons. The SMILES string of the molecule is C=CCCc1ccc(-c2ccc(-c3ccc(C4CCC(C)CO4)cc3F)cc2)c(F)c1F. The van der Waals surface area contributed by atoms with Crippen molar-refractivity contribution in [3.63, 3.8) is 0 Å². The van der Waals surface area contributed by atoms with Gasteiger partial charge in [-0.25, -0.2) is 13.2 Å². The van der Waals surface area contributed by atoms with E-state index in [0.717, 1.165) is 18.4 Å². The van der Waals surface area contributed by atoms with Crippen molar-refractivity contribution in [3.05, 3.63) is 95.8 Å². The highest BCUT2D eigenvalue weighted by Gasteiger charge is 2.21. The van der Waals surface area contributed by atoms with E-state index >= 15 is 0 Å². The van der Waals surface area contributed by atoms with Gasteiger partial charge in [0.05, 0.1) is 6.10 Å². The van der Waals surface area contributed by atoms with Gasteiger partial charge in [-0.1, -0.05) is 61.5 Å². The fraction of sp³-hybridized carbons (Fsp3) is 0.286. The normalized spacial score (nSPS) is 18.5. The van der Waals surface area contributed by atoms with Crippen LogP contribution in [0, 0.1) is 23.4 Å². The predicted octanol–water partition coefficient (Wildman–Crippen LogP) is 8.04. The molecule has 1 aliphatic heterocycles. The standard InChI is InChI=1S/C28H27F3O/c1-3-4-5-21-11-14-24(28(31)27(21)30)20-9-7-19(8-10-20)23-13-12-22(16-25(23)29)26-15-6-18(2)17-32-26/h3,7-14,16,18,26H,1,4-6,15,17H2,2H3. The number of halogens is 3. The van der Waals surface area contributed by atoms with E-state index in [-0.39, 0.29) is 17.5 Å². The summed E-state index contributed by atoms with van der Waals surface area (Å²) in [6.45, 7) is 6.46. The maximum absolute atomic E-state index is 14.9. The van der Waals surface area contributed by atoms with Gasteiger partial charge in [0.15, 0.2) is 11.6 Å². The summed E-state index contributed by atoms with van der Waals surface area (Å²) in [5, 5.41) is 0. The van der Waals surface area contributed by atoms with Crippen molar-refractivity contribution < 1.29 is 17.9 Å². The molecule has 166 valence electrons. The summed E-state index contributed by atoms with van der Waals surface area (Å²) >= 11 is 0. The van der Waals surface area contributed by atoms with Crippen LogP contribution in [0.25, 0.3) is 22.3 Å². The minimum Gasteiger partial charge on any atom is -0.373 e. The van der Waals surface area contributed by atoms with Crippen molar-refractivity contribution in [2.75, 3.05) is 6.61 Å². The van der Waals surface area contributed by atoms with Crippen LogP contribution >= 0.6 is 0 Å². The first-order chi connectivity index (χ1) is 15.5.